The van der Waals surface area contributed by atoms with E-state index in [9.17, 15) is 4.79 Å². The van der Waals surface area contributed by atoms with Gasteiger partial charge in [0.1, 0.15) is 6.29 Å². The molecule has 2 N–H and O–H groups in total. The molecule has 0 spiro atoms. The average Bonchev–Trinajstić information content (AvgIpc) is 2.44. The van der Waals surface area contributed by atoms with E-state index >= 15 is 0 Å². The molecule has 1 saturated carbocycles. The van der Waals surface area contributed by atoms with Crippen molar-refractivity contribution < 1.29 is 4.79 Å². The highest BCUT2D eigenvalue weighted by molar-refractivity contribution is 5.70. The molecule has 2 atom stereocenters. The number of hydrogen-bond donors (Lipinski definition) is 1. The van der Waals surface area contributed by atoms with Crippen molar-refractivity contribution in [1.82, 2.24) is 0 Å². The summed E-state index contributed by atoms with van der Waals surface area (Å²) in [6.07, 6.45) is 3.31. The summed E-state index contributed by atoms with van der Waals surface area (Å²) in [5, 5.41) is 0. The second-order valence-electron chi connectivity index (χ2n) is 2.28. The SMILES string of the molecule is C=CC1C[C@]1(N)C=O. The monoisotopic (exact) mass is 111 g/mol. The lowest BCUT2D eigenvalue weighted by molar-refractivity contribution is -0.109. The molecular weight excluding hydrogens is 102 g/mol. The summed E-state index contributed by atoms with van der Waals surface area (Å²) in [6, 6.07) is 0. The maximum Gasteiger partial charge on any atom is 0.140 e. The minimum absolute atomic E-state index is 0.236. The molecule has 0 aromatic heterocycles. The summed E-state index contributed by atoms with van der Waals surface area (Å²) < 4.78 is 0. The molecule has 0 saturated heterocycles. The Hall–Kier alpha value is -0.630. The molecule has 2 heteroatoms. The van der Waals surface area contributed by atoms with Gasteiger partial charge in [-0.25, -0.2) is 0 Å². The lowest BCUT2D eigenvalue weighted by atomic mass is 10.2. The smallest absolute Gasteiger partial charge is 0.140 e. The first-order valence-electron chi connectivity index (χ1n) is 2.61. The molecule has 1 aliphatic rings. The van der Waals surface area contributed by atoms with Crippen LogP contribution >= 0.6 is 0 Å². The second kappa shape index (κ2) is 1.42. The van der Waals surface area contributed by atoms with Crippen molar-refractivity contribution in [2.75, 3.05) is 0 Å². The zero-order valence-electron chi connectivity index (χ0n) is 4.63. The predicted molar refractivity (Wildman–Crippen MR) is 31.3 cm³/mol. The summed E-state index contributed by atoms with van der Waals surface area (Å²) in [6.45, 7) is 3.53. The molecule has 8 heavy (non-hydrogen) atoms. The van der Waals surface area contributed by atoms with E-state index in [1.54, 1.807) is 6.08 Å². The molecule has 1 aliphatic carbocycles. The van der Waals surface area contributed by atoms with Gasteiger partial charge in [-0.1, -0.05) is 6.08 Å². The summed E-state index contributed by atoms with van der Waals surface area (Å²) in [7, 11) is 0. The quantitative estimate of drug-likeness (QED) is 0.405. The Morgan fingerprint density at radius 1 is 1.88 bits per heavy atom. The van der Waals surface area contributed by atoms with E-state index in [0.717, 1.165) is 12.7 Å². The number of rotatable bonds is 2. The van der Waals surface area contributed by atoms with Gasteiger partial charge in [-0.05, 0) is 6.42 Å². The Morgan fingerprint density at radius 3 is 2.62 bits per heavy atom. The Bertz CT molecular complexity index is 132. The van der Waals surface area contributed by atoms with Gasteiger partial charge in [-0.2, -0.15) is 0 Å². The normalized spacial score (nSPS) is 43.4. The van der Waals surface area contributed by atoms with Crippen LogP contribution in [0.5, 0.6) is 0 Å². The van der Waals surface area contributed by atoms with Crippen molar-refractivity contribution in [1.29, 1.82) is 0 Å². The maximum atomic E-state index is 10.1. The first-order chi connectivity index (χ1) is 3.73. The minimum atomic E-state index is -0.540. The lowest BCUT2D eigenvalue weighted by Crippen LogP contribution is -2.25. The van der Waals surface area contributed by atoms with Crippen LogP contribution in [-0.4, -0.2) is 11.8 Å². The average molecular weight is 111 g/mol. The summed E-state index contributed by atoms with van der Waals surface area (Å²) in [5.41, 5.74) is 4.92. The van der Waals surface area contributed by atoms with Gasteiger partial charge >= 0.3 is 0 Å². The van der Waals surface area contributed by atoms with E-state index in [-0.39, 0.29) is 5.92 Å². The molecule has 0 aliphatic heterocycles. The Labute approximate surface area is 48.4 Å². The van der Waals surface area contributed by atoms with Gasteiger partial charge in [0, 0.05) is 5.92 Å². The van der Waals surface area contributed by atoms with E-state index in [1.807, 2.05) is 0 Å². The molecule has 1 fully saturated rings. The topological polar surface area (TPSA) is 43.1 Å². The zero-order chi connectivity index (χ0) is 6.20. The molecule has 1 rings (SSSR count). The number of nitrogens with two attached hydrogens (primary N) is 1. The fraction of sp³-hybridized carbons (Fsp3) is 0.500. The Balaban J connectivity index is 2.54. The first-order valence-corrected chi connectivity index (χ1v) is 2.61. The third kappa shape index (κ3) is 0.574. The summed E-state index contributed by atoms with van der Waals surface area (Å²) in [4.78, 5) is 10.1. The highest BCUT2D eigenvalue weighted by atomic mass is 16.1. The molecule has 2 nitrogen and oxygen atoms in total. The standard InChI is InChI=1S/C6H9NO/c1-2-5-3-6(5,7)4-8/h2,4-5H,1,3,7H2/t5?,6-/m0/s1. The molecule has 0 bridgehead atoms. The van der Waals surface area contributed by atoms with Crippen LogP contribution in [0, 0.1) is 5.92 Å². The second-order valence-corrected chi connectivity index (χ2v) is 2.28. The van der Waals surface area contributed by atoms with Gasteiger partial charge < -0.3 is 10.5 Å². The fourth-order valence-corrected chi connectivity index (χ4v) is 0.760. The number of carbonyl (C=O) groups is 1. The van der Waals surface area contributed by atoms with Crippen molar-refractivity contribution in [2.45, 2.75) is 12.0 Å². The van der Waals surface area contributed by atoms with Crippen LogP contribution in [0.2, 0.25) is 0 Å². The van der Waals surface area contributed by atoms with Crippen molar-refractivity contribution >= 4 is 6.29 Å². The Morgan fingerprint density at radius 2 is 2.50 bits per heavy atom. The molecule has 0 heterocycles. The van der Waals surface area contributed by atoms with E-state index < -0.39 is 5.54 Å². The van der Waals surface area contributed by atoms with Gasteiger partial charge in [-0.15, -0.1) is 6.58 Å². The third-order valence-electron chi connectivity index (χ3n) is 1.61. The molecule has 0 aromatic carbocycles. The largest absolute Gasteiger partial charge is 0.319 e. The van der Waals surface area contributed by atoms with Gasteiger partial charge in [0.25, 0.3) is 0 Å². The summed E-state index contributed by atoms with van der Waals surface area (Å²) in [5.74, 6) is 0.236. The zero-order valence-corrected chi connectivity index (χ0v) is 4.63. The van der Waals surface area contributed by atoms with Crippen LogP contribution in [0.3, 0.4) is 0 Å². The van der Waals surface area contributed by atoms with E-state index in [4.69, 9.17) is 5.73 Å². The van der Waals surface area contributed by atoms with Crippen molar-refractivity contribution in [3.05, 3.63) is 12.7 Å². The van der Waals surface area contributed by atoms with Crippen LogP contribution in [0.4, 0.5) is 0 Å². The van der Waals surface area contributed by atoms with E-state index in [2.05, 4.69) is 6.58 Å². The fourth-order valence-electron chi connectivity index (χ4n) is 0.760. The van der Waals surface area contributed by atoms with Crippen LogP contribution in [0.15, 0.2) is 12.7 Å². The molecular formula is C6H9NO. The summed E-state index contributed by atoms with van der Waals surface area (Å²) >= 11 is 0. The molecule has 0 aromatic rings. The van der Waals surface area contributed by atoms with Crippen LogP contribution in [0.1, 0.15) is 6.42 Å². The highest BCUT2D eigenvalue weighted by Crippen LogP contribution is 2.39. The van der Waals surface area contributed by atoms with E-state index in [0.29, 0.717) is 0 Å². The van der Waals surface area contributed by atoms with Gasteiger partial charge in [0.2, 0.25) is 0 Å². The van der Waals surface area contributed by atoms with Crippen molar-refractivity contribution in [3.8, 4) is 0 Å². The first kappa shape index (κ1) is 5.51. The molecule has 0 amide bonds. The van der Waals surface area contributed by atoms with Gasteiger partial charge in [0.15, 0.2) is 0 Å². The van der Waals surface area contributed by atoms with Gasteiger partial charge in [0.05, 0.1) is 5.54 Å². The molecule has 0 radical (unpaired) electrons. The van der Waals surface area contributed by atoms with Crippen LogP contribution in [0.25, 0.3) is 0 Å². The Kier molecular flexibility index (Phi) is 0.978. The third-order valence-corrected chi connectivity index (χ3v) is 1.61. The number of hydrogen-bond acceptors (Lipinski definition) is 2. The van der Waals surface area contributed by atoms with Crippen LogP contribution in [-0.2, 0) is 4.79 Å². The predicted octanol–water partition coefficient (Wildman–Crippen LogP) is 0.0887. The maximum absolute atomic E-state index is 10.1. The van der Waals surface area contributed by atoms with Gasteiger partial charge in [-0.3, -0.25) is 0 Å². The van der Waals surface area contributed by atoms with Crippen molar-refractivity contribution in [3.63, 3.8) is 0 Å². The number of carbonyl (C=O) groups excluding carboxylic acids is 1. The molecule has 1 unspecified atom stereocenters. The highest BCUT2D eigenvalue weighted by Gasteiger charge is 2.48. The molecule has 44 valence electrons. The van der Waals surface area contributed by atoms with E-state index in [1.165, 1.54) is 0 Å². The van der Waals surface area contributed by atoms with Crippen molar-refractivity contribution in [2.24, 2.45) is 11.7 Å². The number of aldehydes is 1. The van der Waals surface area contributed by atoms with Crippen LogP contribution < -0.4 is 5.73 Å². The lowest BCUT2D eigenvalue weighted by Gasteiger charge is -1.93. The minimum Gasteiger partial charge on any atom is -0.319 e.